The molecule has 2 N–H and O–H groups in total. The maximum absolute atomic E-state index is 11.7. The molecule has 1 aromatic carbocycles. The van der Waals surface area contributed by atoms with E-state index in [-0.39, 0.29) is 6.04 Å². The van der Waals surface area contributed by atoms with Crippen molar-refractivity contribution in [3.05, 3.63) is 35.0 Å². The number of alkyl carbamates (subject to hydrolysis) is 1. The lowest BCUT2D eigenvalue weighted by molar-refractivity contribution is 0.0526. The second-order valence-electron chi connectivity index (χ2n) is 6.88. The lowest BCUT2D eigenvalue weighted by atomic mass is 10.1. The molecule has 1 unspecified atom stereocenters. The largest absolute Gasteiger partial charge is 0.444 e. The normalized spacial score (nSPS) is 12.8. The maximum atomic E-state index is 11.7. The summed E-state index contributed by atoms with van der Waals surface area (Å²) in [4.78, 5) is 16.2. The highest BCUT2D eigenvalue weighted by Gasteiger charge is 2.17. The summed E-state index contributed by atoms with van der Waals surface area (Å²) in [7, 11) is 0. The summed E-state index contributed by atoms with van der Waals surface area (Å²) in [6, 6.07) is 5.73. The minimum absolute atomic E-state index is 0.0267. The summed E-state index contributed by atoms with van der Waals surface area (Å²) >= 11 is 6.40. The third-order valence-electron chi connectivity index (χ3n) is 3.37. The highest BCUT2D eigenvalue weighted by Crippen LogP contribution is 2.33. The van der Waals surface area contributed by atoms with E-state index in [0.29, 0.717) is 11.6 Å². The Morgan fingerprint density at radius 1 is 1.42 bits per heavy atom. The Morgan fingerprint density at radius 2 is 2.12 bits per heavy atom. The van der Waals surface area contributed by atoms with Gasteiger partial charge in [0.15, 0.2) is 0 Å². The van der Waals surface area contributed by atoms with E-state index in [1.54, 1.807) is 6.20 Å². The van der Waals surface area contributed by atoms with E-state index in [1.807, 2.05) is 52.8 Å². The lowest BCUT2D eigenvalue weighted by Crippen LogP contribution is -2.38. The Morgan fingerprint density at radius 3 is 2.79 bits per heavy atom. The lowest BCUT2D eigenvalue weighted by Gasteiger charge is -2.22. The second-order valence-corrected chi connectivity index (χ2v) is 7.29. The zero-order valence-corrected chi connectivity index (χ0v) is 15.5. The molecule has 2 rings (SSSR count). The van der Waals surface area contributed by atoms with Gasteiger partial charge in [-0.2, -0.15) is 0 Å². The summed E-state index contributed by atoms with van der Waals surface area (Å²) in [5.74, 6) is 0. The van der Waals surface area contributed by atoms with E-state index < -0.39 is 11.7 Å². The average molecular weight is 350 g/mol. The Labute approximate surface area is 147 Å². The van der Waals surface area contributed by atoms with E-state index in [4.69, 9.17) is 16.3 Å². The van der Waals surface area contributed by atoms with Crippen molar-refractivity contribution >= 4 is 34.3 Å². The molecule has 1 amide bonds. The van der Waals surface area contributed by atoms with Crippen LogP contribution in [0, 0.1) is 6.92 Å². The van der Waals surface area contributed by atoms with Crippen molar-refractivity contribution in [3.8, 4) is 0 Å². The SMILES string of the molecule is Cc1cc(Cl)c(NC(C)CNC(=O)OC(C)(C)C)c2cccnc12. The number of rotatable bonds is 4. The minimum Gasteiger partial charge on any atom is -0.444 e. The molecule has 24 heavy (non-hydrogen) atoms. The first-order valence-corrected chi connectivity index (χ1v) is 8.32. The van der Waals surface area contributed by atoms with Crippen LogP contribution in [0.5, 0.6) is 0 Å². The number of carbonyl (C=O) groups is 1. The number of pyridine rings is 1. The molecule has 0 aliphatic carbocycles. The van der Waals surface area contributed by atoms with Gasteiger partial charge in [0.1, 0.15) is 5.60 Å². The number of ether oxygens (including phenoxy) is 1. The average Bonchev–Trinajstić information content (AvgIpc) is 2.48. The van der Waals surface area contributed by atoms with Gasteiger partial charge in [-0.1, -0.05) is 11.6 Å². The number of halogens is 1. The third-order valence-corrected chi connectivity index (χ3v) is 3.67. The van der Waals surface area contributed by atoms with Crippen LogP contribution in [-0.2, 0) is 4.74 Å². The summed E-state index contributed by atoms with van der Waals surface area (Å²) in [5, 5.41) is 7.71. The molecule has 0 saturated carbocycles. The van der Waals surface area contributed by atoms with Crippen molar-refractivity contribution in [2.45, 2.75) is 46.3 Å². The molecule has 130 valence electrons. The summed E-state index contributed by atoms with van der Waals surface area (Å²) < 4.78 is 5.23. The standard InChI is InChI=1S/C18H24ClN3O2/c1-11-9-14(19)16(13-7-6-8-20-15(11)13)22-12(2)10-21-17(23)24-18(3,4)5/h6-9,12,22H,10H2,1-5H3,(H,21,23). The van der Waals surface area contributed by atoms with Crippen LogP contribution >= 0.6 is 11.6 Å². The van der Waals surface area contributed by atoms with Gasteiger partial charge in [-0.15, -0.1) is 0 Å². The zero-order valence-electron chi connectivity index (χ0n) is 14.7. The van der Waals surface area contributed by atoms with Crippen LogP contribution in [-0.4, -0.2) is 29.3 Å². The molecule has 0 bridgehead atoms. The van der Waals surface area contributed by atoms with Crippen LogP contribution in [0.1, 0.15) is 33.3 Å². The smallest absolute Gasteiger partial charge is 0.407 e. The van der Waals surface area contributed by atoms with E-state index in [0.717, 1.165) is 22.2 Å². The van der Waals surface area contributed by atoms with Crippen LogP contribution in [0.25, 0.3) is 10.9 Å². The van der Waals surface area contributed by atoms with Gasteiger partial charge in [0.05, 0.1) is 16.2 Å². The summed E-state index contributed by atoms with van der Waals surface area (Å²) in [6.07, 6.45) is 1.33. The number of benzene rings is 1. The molecule has 0 aliphatic rings. The molecular formula is C18H24ClN3O2. The minimum atomic E-state index is -0.511. The van der Waals surface area contributed by atoms with Crippen molar-refractivity contribution in [2.24, 2.45) is 0 Å². The zero-order chi connectivity index (χ0) is 17.9. The van der Waals surface area contributed by atoms with Gasteiger partial charge in [-0.25, -0.2) is 4.79 Å². The van der Waals surface area contributed by atoms with Crippen LogP contribution in [0.2, 0.25) is 5.02 Å². The first kappa shape index (κ1) is 18.3. The molecule has 1 heterocycles. The predicted molar refractivity (Wildman–Crippen MR) is 98.8 cm³/mol. The first-order chi connectivity index (χ1) is 11.2. The fourth-order valence-electron chi connectivity index (χ4n) is 2.38. The molecular weight excluding hydrogens is 326 g/mol. The quantitative estimate of drug-likeness (QED) is 0.851. The molecule has 0 spiro atoms. The van der Waals surface area contributed by atoms with E-state index in [2.05, 4.69) is 15.6 Å². The number of hydrogen-bond acceptors (Lipinski definition) is 4. The molecule has 0 radical (unpaired) electrons. The highest BCUT2D eigenvalue weighted by molar-refractivity contribution is 6.35. The van der Waals surface area contributed by atoms with Gasteiger partial charge >= 0.3 is 6.09 Å². The Kier molecular flexibility index (Phi) is 5.54. The first-order valence-electron chi connectivity index (χ1n) is 7.94. The van der Waals surface area contributed by atoms with Crippen LogP contribution in [0.3, 0.4) is 0 Å². The van der Waals surface area contributed by atoms with E-state index >= 15 is 0 Å². The van der Waals surface area contributed by atoms with Crippen molar-refractivity contribution < 1.29 is 9.53 Å². The number of fused-ring (bicyclic) bond motifs is 1. The fourth-order valence-corrected chi connectivity index (χ4v) is 2.70. The van der Waals surface area contributed by atoms with Gasteiger partial charge in [-0.05, 0) is 58.4 Å². The number of aromatic nitrogens is 1. The van der Waals surface area contributed by atoms with Gasteiger partial charge in [0.25, 0.3) is 0 Å². The summed E-state index contributed by atoms with van der Waals surface area (Å²) in [5.41, 5.74) is 2.25. The van der Waals surface area contributed by atoms with E-state index in [1.165, 1.54) is 0 Å². The molecule has 1 aromatic heterocycles. The van der Waals surface area contributed by atoms with Gasteiger partial charge in [-0.3, -0.25) is 4.98 Å². The molecule has 0 aliphatic heterocycles. The Balaban J connectivity index is 2.08. The molecule has 6 heteroatoms. The number of amides is 1. The van der Waals surface area contributed by atoms with Crippen molar-refractivity contribution in [1.29, 1.82) is 0 Å². The topological polar surface area (TPSA) is 63.2 Å². The highest BCUT2D eigenvalue weighted by atomic mass is 35.5. The second kappa shape index (κ2) is 7.26. The van der Waals surface area contributed by atoms with Crippen molar-refractivity contribution in [1.82, 2.24) is 10.3 Å². The number of nitrogens with one attached hydrogen (secondary N) is 2. The number of anilines is 1. The van der Waals surface area contributed by atoms with Gasteiger partial charge in [0.2, 0.25) is 0 Å². The van der Waals surface area contributed by atoms with Crippen molar-refractivity contribution in [2.75, 3.05) is 11.9 Å². The monoisotopic (exact) mass is 349 g/mol. The molecule has 1 atom stereocenters. The Hall–Kier alpha value is -2.01. The number of aryl methyl sites for hydroxylation is 1. The number of nitrogens with zero attached hydrogens (tertiary/aromatic N) is 1. The molecule has 0 saturated heterocycles. The molecule has 2 aromatic rings. The van der Waals surface area contributed by atoms with Gasteiger partial charge in [0, 0.05) is 24.2 Å². The van der Waals surface area contributed by atoms with Crippen LogP contribution < -0.4 is 10.6 Å². The fraction of sp³-hybridized carbons (Fsp3) is 0.444. The Bertz CT molecular complexity index is 741. The van der Waals surface area contributed by atoms with Gasteiger partial charge < -0.3 is 15.4 Å². The number of hydrogen-bond donors (Lipinski definition) is 2. The molecule has 5 nitrogen and oxygen atoms in total. The van der Waals surface area contributed by atoms with Crippen LogP contribution in [0.4, 0.5) is 10.5 Å². The number of carbonyl (C=O) groups excluding carboxylic acids is 1. The van der Waals surface area contributed by atoms with E-state index in [9.17, 15) is 4.79 Å². The maximum Gasteiger partial charge on any atom is 0.407 e. The summed E-state index contributed by atoms with van der Waals surface area (Å²) in [6.45, 7) is 9.87. The molecule has 0 fully saturated rings. The van der Waals surface area contributed by atoms with Crippen molar-refractivity contribution in [3.63, 3.8) is 0 Å². The predicted octanol–water partition coefficient (Wildman–Crippen LogP) is 4.52. The van der Waals surface area contributed by atoms with Crippen LogP contribution in [0.15, 0.2) is 24.4 Å². The third kappa shape index (κ3) is 4.74.